The molecule has 1 aliphatic rings. The molecule has 2 rings (SSSR count). The molecule has 0 aromatic heterocycles. The second-order valence-electron chi connectivity index (χ2n) is 5.77. The van der Waals surface area contributed by atoms with E-state index < -0.39 is 17.7 Å². The van der Waals surface area contributed by atoms with Crippen molar-refractivity contribution in [2.24, 2.45) is 5.73 Å². The van der Waals surface area contributed by atoms with Crippen molar-refractivity contribution < 1.29 is 24.2 Å². The normalized spacial score (nSPS) is 18.8. The fourth-order valence-corrected chi connectivity index (χ4v) is 2.88. The number of methoxy groups -OCH3 is 2. The van der Waals surface area contributed by atoms with Crippen molar-refractivity contribution in [2.45, 2.75) is 25.9 Å². The van der Waals surface area contributed by atoms with Gasteiger partial charge in [0.15, 0.2) is 23.0 Å². The van der Waals surface area contributed by atoms with Gasteiger partial charge in [0.05, 0.1) is 25.8 Å². The third-order valence-electron chi connectivity index (χ3n) is 3.89. The van der Waals surface area contributed by atoms with E-state index >= 15 is 0 Å². The molecular formula is C17H22N2O5. The average molecular weight is 334 g/mol. The van der Waals surface area contributed by atoms with E-state index in [0.717, 1.165) is 0 Å². The number of ketones is 1. The van der Waals surface area contributed by atoms with Crippen molar-refractivity contribution >= 4 is 11.7 Å². The second-order valence-corrected chi connectivity index (χ2v) is 5.77. The van der Waals surface area contributed by atoms with Gasteiger partial charge in [-0.2, -0.15) is 0 Å². The van der Waals surface area contributed by atoms with Crippen molar-refractivity contribution in [3.8, 4) is 11.5 Å². The van der Waals surface area contributed by atoms with Crippen LogP contribution >= 0.6 is 0 Å². The molecule has 7 nitrogen and oxygen atoms in total. The molecule has 24 heavy (non-hydrogen) atoms. The van der Waals surface area contributed by atoms with Gasteiger partial charge in [-0.15, -0.1) is 0 Å². The predicted molar refractivity (Wildman–Crippen MR) is 88.0 cm³/mol. The number of hydrogen-bond donors (Lipinski definition) is 2. The van der Waals surface area contributed by atoms with Crippen LogP contribution in [0.3, 0.4) is 0 Å². The van der Waals surface area contributed by atoms with Gasteiger partial charge < -0.3 is 25.2 Å². The molecule has 0 spiro atoms. The molecule has 1 amide bonds. The lowest BCUT2D eigenvalue weighted by molar-refractivity contribution is -0.129. The van der Waals surface area contributed by atoms with Gasteiger partial charge in [-0.05, 0) is 31.5 Å². The van der Waals surface area contributed by atoms with E-state index in [4.69, 9.17) is 15.2 Å². The fourth-order valence-electron chi connectivity index (χ4n) is 2.88. The summed E-state index contributed by atoms with van der Waals surface area (Å²) in [4.78, 5) is 25.8. The van der Waals surface area contributed by atoms with Crippen LogP contribution in [0.4, 0.5) is 0 Å². The smallest absolute Gasteiger partial charge is 0.290 e. The van der Waals surface area contributed by atoms with Crippen molar-refractivity contribution in [2.75, 3.05) is 20.8 Å². The van der Waals surface area contributed by atoms with E-state index in [-0.39, 0.29) is 23.9 Å². The first-order valence-electron chi connectivity index (χ1n) is 7.54. The number of hydrogen-bond acceptors (Lipinski definition) is 6. The number of ether oxygens (including phenoxy) is 2. The Morgan fingerprint density at radius 2 is 1.96 bits per heavy atom. The van der Waals surface area contributed by atoms with E-state index in [1.165, 1.54) is 26.0 Å². The zero-order valence-electron chi connectivity index (χ0n) is 14.2. The fraction of sp³-hybridized carbons (Fsp3) is 0.412. The largest absolute Gasteiger partial charge is 0.503 e. The number of carbonyl (C=O) groups excluding carboxylic acids is 2. The summed E-state index contributed by atoms with van der Waals surface area (Å²) in [6.45, 7) is 3.28. The lowest BCUT2D eigenvalue weighted by atomic mass is 9.96. The summed E-state index contributed by atoms with van der Waals surface area (Å²) in [5.41, 5.74) is 6.52. The monoisotopic (exact) mass is 334 g/mol. The number of rotatable bonds is 6. The minimum Gasteiger partial charge on any atom is -0.503 e. The first-order chi connectivity index (χ1) is 11.3. The van der Waals surface area contributed by atoms with E-state index in [1.807, 2.05) is 0 Å². The third-order valence-corrected chi connectivity index (χ3v) is 3.89. The van der Waals surface area contributed by atoms with Crippen LogP contribution in [0.15, 0.2) is 29.5 Å². The van der Waals surface area contributed by atoms with Gasteiger partial charge in [0.2, 0.25) is 0 Å². The summed E-state index contributed by atoms with van der Waals surface area (Å²) in [6, 6.07) is 4.09. The molecule has 130 valence electrons. The molecule has 1 aliphatic heterocycles. The van der Waals surface area contributed by atoms with Crippen molar-refractivity contribution in [3.63, 3.8) is 0 Å². The molecule has 0 saturated heterocycles. The first-order valence-corrected chi connectivity index (χ1v) is 7.54. The maximum atomic E-state index is 12.4. The van der Waals surface area contributed by atoms with Crippen LogP contribution in [0.5, 0.6) is 11.5 Å². The van der Waals surface area contributed by atoms with Crippen LogP contribution in [0.2, 0.25) is 0 Å². The topological polar surface area (TPSA) is 102 Å². The van der Waals surface area contributed by atoms with Crippen LogP contribution < -0.4 is 15.2 Å². The lowest BCUT2D eigenvalue weighted by Crippen LogP contribution is -2.39. The zero-order valence-corrected chi connectivity index (χ0v) is 14.2. The molecule has 0 saturated carbocycles. The van der Waals surface area contributed by atoms with Gasteiger partial charge in [-0.25, -0.2) is 0 Å². The van der Waals surface area contributed by atoms with Crippen LogP contribution in [0.1, 0.15) is 25.5 Å². The molecule has 0 aliphatic carbocycles. The Labute approximate surface area is 140 Å². The number of carbonyl (C=O) groups is 2. The number of amides is 1. The predicted octanol–water partition coefficient (Wildman–Crippen LogP) is 1.34. The van der Waals surface area contributed by atoms with Gasteiger partial charge in [-0.1, -0.05) is 6.07 Å². The maximum absolute atomic E-state index is 12.4. The molecule has 1 heterocycles. The van der Waals surface area contributed by atoms with Gasteiger partial charge in [0, 0.05) is 12.6 Å². The maximum Gasteiger partial charge on any atom is 0.290 e. The van der Waals surface area contributed by atoms with Crippen LogP contribution in [-0.2, 0) is 9.59 Å². The quantitative estimate of drug-likeness (QED) is 0.814. The summed E-state index contributed by atoms with van der Waals surface area (Å²) in [5, 5.41) is 10.1. The molecular weight excluding hydrogens is 312 g/mol. The Balaban J connectivity index is 2.57. The highest BCUT2D eigenvalue weighted by Crippen LogP contribution is 2.40. The Bertz CT molecular complexity index is 696. The van der Waals surface area contributed by atoms with Gasteiger partial charge >= 0.3 is 0 Å². The van der Waals surface area contributed by atoms with Crippen molar-refractivity contribution in [1.82, 2.24) is 4.90 Å². The number of aliphatic hydroxyl groups is 1. The summed E-state index contributed by atoms with van der Waals surface area (Å²) in [6.07, 6.45) is 0. The van der Waals surface area contributed by atoms with Gasteiger partial charge in [-0.3, -0.25) is 9.59 Å². The molecule has 1 aromatic carbocycles. The lowest BCUT2D eigenvalue weighted by Gasteiger charge is -2.28. The van der Waals surface area contributed by atoms with Crippen molar-refractivity contribution in [1.29, 1.82) is 0 Å². The molecule has 7 heteroatoms. The molecule has 0 unspecified atom stereocenters. The molecule has 0 fully saturated rings. The average Bonchev–Trinajstić information content (AvgIpc) is 2.78. The molecule has 2 atom stereocenters. The SMILES string of the molecule is COc1ccc([C@@H]2C(C(C)=O)=C(O)C(=O)N2C[C@@H](C)N)cc1OC. The van der Waals surface area contributed by atoms with E-state index in [2.05, 4.69) is 0 Å². The molecule has 1 aromatic rings. The van der Waals surface area contributed by atoms with E-state index in [1.54, 1.807) is 25.1 Å². The minimum atomic E-state index is -0.708. The highest BCUT2D eigenvalue weighted by Gasteiger charge is 2.42. The minimum absolute atomic E-state index is 0.0628. The van der Waals surface area contributed by atoms with Crippen molar-refractivity contribution in [3.05, 3.63) is 35.1 Å². The first kappa shape index (κ1) is 17.8. The highest BCUT2D eigenvalue weighted by molar-refractivity contribution is 6.08. The number of aliphatic hydroxyl groups excluding tert-OH is 1. The summed E-state index contributed by atoms with van der Waals surface area (Å²) < 4.78 is 10.5. The third kappa shape index (κ3) is 3.07. The van der Waals surface area contributed by atoms with Gasteiger partial charge in [0.1, 0.15) is 0 Å². The molecule has 0 radical (unpaired) electrons. The Morgan fingerprint density at radius 3 is 2.46 bits per heavy atom. The number of nitrogens with zero attached hydrogens (tertiary/aromatic N) is 1. The van der Waals surface area contributed by atoms with Crippen LogP contribution in [0, 0.1) is 0 Å². The second kappa shape index (κ2) is 6.92. The summed E-state index contributed by atoms with van der Waals surface area (Å²) >= 11 is 0. The molecule has 0 bridgehead atoms. The van der Waals surface area contributed by atoms with Crippen LogP contribution in [-0.4, -0.2) is 48.5 Å². The Hall–Kier alpha value is -2.54. The highest BCUT2D eigenvalue weighted by atomic mass is 16.5. The van der Waals surface area contributed by atoms with E-state index in [0.29, 0.717) is 17.1 Å². The summed E-state index contributed by atoms with van der Waals surface area (Å²) in [7, 11) is 3.02. The Morgan fingerprint density at radius 1 is 1.33 bits per heavy atom. The van der Waals surface area contributed by atoms with E-state index in [9.17, 15) is 14.7 Å². The summed E-state index contributed by atoms with van der Waals surface area (Å²) in [5.74, 6) is -0.493. The Kier molecular flexibility index (Phi) is 5.14. The van der Waals surface area contributed by atoms with Gasteiger partial charge in [0.25, 0.3) is 5.91 Å². The zero-order chi connectivity index (χ0) is 18.0. The molecule has 3 N–H and O–H groups in total. The number of nitrogens with two attached hydrogens (primary N) is 1. The number of Topliss-reactive ketones (excluding diaryl/α,β-unsaturated/α-hetero) is 1. The van der Waals surface area contributed by atoms with Crippen LogP contribution in [0.25, 0.3) is 0 Å². The standard InChI is InChI=1S/C17H22N2O5/c1-9(18)8-19-15(14(10(2)20)16(21)17(19)22)11-5-6-12(23-3)13(7-11)24-4/h5-7,9,15,21H,8,18H2,1-4H3/t9-,15-/m1/s1. The number of benzene rings is 1.